The van der Waals surface area contributed by atoms with Gasteiger partial charge >= 0.3 is 6.09 Å². The smallest absolute Gasteiger partial charge is 0.414 e. The average Bonchev–Trinajstić information content (AvgIpc) is 2.74. The zero-order valence-electron chi connectivity index (χ0n) is 16.2. The standard InChI is InChI=1S/C20H20ClN3O5S/c1-13-3-2-4-14-12-29-20(25)24(19(13)14)15-7-9-23(10-8-15)30(27,28)16-5-6-17(21)18(11-16)22-26/h2-6,11,15H,7-10,12H2,1H3. The zero-order valence-corrected chi connectivity index (χ0v) is 17.8. The van der Waals surface area contributed by atoms with E-state index in [1.807, 2.05) is 25.1 Å². The van der Waals surface area contributed by atoms with E-state index in [0.717, 1.165) is 16.8 Å². The molecule has 1 saturated heterocycles. The van der Waals surface area contributed by atoms with E-state index in [9.17, 15) is 18.1 Å². The Morgan fingerprint density at radius 3 is 2.60 bits per heavy atom. The topological polar surface area (TPSA) is 96.4 Å². The lowest BCUT2D eigenvalue weighted by Gasteiger charge is -2.40. The Labute approximate surface area is 179 Å². The van der Waals surface area contributed by atoms with E-state index >= 15 is 0 Å². The van der Waals surface area contributed by atoms with Gasteiger partial charge in [0.2, 0.25) is 10.0 Å². The molecule has 0 radical (unpaired) electrons. The summed E-state index contributed by atoms with van der Waals surface area (Å²) >= 11 is 5.85. The van der Waals surface area contributed by atoms with Gasteiger partial charge in [-0.15, -0.1) is 4.91 Å². The molecule has 8 nitrogen and oxygen atoms in total. The Bertz CT molecular complexity index is 1110. The van der Waals surface area contributed by atoms with Gasteiger partial charge < -0.3 is 4.74 Å². The number of nitroso groups, excluding NO2 is 1. The number of carbonyl (C=O) groups is 1. The number of ether oxygens (including phenoxy) is 1. The Balaban J connectivity index is 1.55. The van der Waals surface area contributed by atoms with Crippen molar-refractivity contribution in [3.05, 3.63) is 57.5 Å². The van der Waals surface area contributed by atoms with Gasteiger partial charge in [-0.05, 0) is 48.7 Å². The number of carbonyl (C=O) groups excluding carboxylic acids is 1. The Hall–Kier alpha value is -2.49. The molecule has 2 aromatic rings. The van der Waals surface area contributed by atoms with Gasteiger partial charge in [0.25, 0.3) is 0 Å². The van der Waals surface area contributed by atoms with E-state index < -0.39 is 16.1 Å². The van der Waals surface area contributed by atoms with Crippen molar-refractivity contribution in [2.24, 2.45) is 5.18 Å². The number of rotatable bonds is 4. The van der Waals surface area contributed by atoms with E-state index in [1.54, 1.807) is 4.90 Å². The van der Waals surface area contributed by atoms with Gasteiger partial charge in [-0.2, -0.15) is 4.31 Å². The molecule has 2 aliphatic rings. The molecule has 0 N–H and O–H groups in total. The first-order valence-corrected chi connectivity index (χ1v) is 11.3. The molecule has 158 valence electrons. The normalized spacial score (nSPS) is 18.1. The monoisotopic (exact) mass is 449 g/mol. The summed E-state index contributed by atoms with van der Waals surface area (Å²) in [4.78, 5) is 25.0. The fourth-order valence-corrected chi connectivity index (χ4v) is 5.67. The van der Waals surface area contributed by atoms with Crippen LogP contribution in [0.1, 0.15) is 24.0 Å². The van der Waals surface area contributed by atoms with Crippen LogP contribution >= 0.6 is 11.6 Å². The van der Waals surface area contributed by atoms with Crippen LogP contribution in [0.4, 0.5) is 16.2 Å². The van der Waals surface area contributed by atoms with Crippen molar-refractivity contribution in [2.45, 2.75) is 37.3 Å². The first-order chi connectivity index (χ1) is 14.3. The highest BCUT2D eigenvalue weighted by Crippen LogP contribution is 2.36. The number of piperidine rings is 1. The summed E-state index contributed by atoms with van der Waals surface area (Å²) in [7, 11) is -3.81. The quantitative estimate of drug-likeness (QED) is 0.646. The molecule has 0 spiro atoms. The second-order valence-electron chi connectivity index (χ2n) is 7.35. The highest BCUT2D eigenvalue weighted by Gasteiger charge is 2.37. The third-order valence-corrected chi connectivity index (χ3v) is 7.77. The van der Waals surface area contributed by atoms with E-state index in [0.29, 0.717) is 12.8 Å². The molecule has 30 heavy (non-hydrogen) atoms. The van der Waals surface area contributed by atoms with Gasteiger partial charge in [0, 0.05) is 24.7 Å². The second kappa shape index (κ2) is 7.98. The Morgan fingerprint density at radius 1 is 1.17 bits per heavy atom. The number of sulfonamides is 1. The summed E-state index contributed by atoms with van der Waals surface area (Å²) in [6.45, 7) is 2.67. The maximum Gasteiger partial charge on any atom is 0.414 e. The second-order valence-corrected chi connectivity index (χ2v) is 9.69. The Kier molecular flexibility index (Phi) is 5.52. The van der Waals surface area contributed by atoms with Crippen molar-refractivity contribution in [1.82, 2.24) is 4.31 Å². The molecule has 0 bridgehead atoms. The number of halogens is 1. The van der Waals surface area contributed by atoms with Crippen molar-refractivity contribution in [2.75, 3.05) is 18.0 Å². The van der Waals surface area contributed by atoms with Crippen LogP contribution in [0.3, 0.4) is 0 Å². The Morgan fingerprint density at radius 2 is 1.90 bits per heavy atom. The molecule has 10 heteroatoms. The third kappa shape index (κ3) is 3.57. The summed E-state index contributed by atoms with van der Waals surface area (Å²) in [6, 6.07) is 9.53. The number of aryl methyl sites for hydroxylation is 1. The van der Waals surface area contributed by atoms with Gasteiger partial charge in [0.15, 0.2) is 0 Å². The number of benzene rings is 2. The number of fused-ring (bicyclic) bond motifs is 1. The molecular formula is C20H20ClN3O5S. The molecule has 0 unspecified atom stereocenters. The summed E-state index contributed by atoms with van der Waals surface area (Å²) in [6.07, 6.45) is 0.528. The molecule has 4 rings (SSSR count). The molecule has 1 amide bonds. The van der Waals surface area contributed by atoms with Gasteiger partial charge in [-0.3, -0.25) is 4.90 Å². The molecule has 0 atom stereocenters. The number of amides is 1. The number of para-hydroxylation sites is 1. The van der Waals surface area contributed by atoms with E-state index in [-0.39, 0.29) is 41.3 Å². The van der Waals surface area contributed by atoms with Crippen LogP contribution < -0.4 is 4.90 Å². The minimum absolute atomic E-state index is 0.0291. The minimum atomic E-state index is -3.81. The predicted molar refractivity (Wildman–Crippen MR) is 113 cm³/mol. The molecule has 2 heterocycles. The molecule has 0 aromatic heterocycles. The van der Waals surface area contributed by atoms with Crippen LogP contribution in [0.5, 0.6) is 0 Å². The lowest BCUT2D eigenvalue weighted by Crippen LogP contribution is -2.50. The van der Waals surface area contributed by atoms with Crippen molar-refractivity contribution in [1.29, 1.82) is 0 Å². The fourth-order valence-electron chi connectivity index (χ4n) is 4.03. The molecule has 2 aromatic carbocycles. The van der Waals surface area contributed by atoms with Crippen LogP contribution in [-0.2, 0) is 21.4 Å². The molecule has 2 aliphatic heterocycles. The van der Waals surface area contributed by atoms with E-state index in [2.05, 4.69) is 5.18 Å². The fraction of sp³-hybridized carbons (Fsp3) is 0.350. The van der Waals surface area contributed by atoms with Crippen LogP contribution in [0, 0.1) is 11.8 Å². The first kappa shape index (κ1) is 20.8. The number of anilines is 1. The minimum Gasteiger partial charge on any atom is -0.444 e. The van der Waals surface area contributed by atoms with Gasteiger partial charge in [0.1, 0.15) is 12.3 Å². The van der Waals surface area contributed by atoms with Crippen LogP contribution in [-0.4, -0.2) is 37.9 Å². The predicted octanol–water partition coefficient (Wildman–Crippen LogP) is 4.36. The number of hydrogen-bond acceptors (Lipinski definition) is 6. The number of nitrogens with zero attached hydrogens (tertiary/aromatic N) is 3. The number of hydrogen-bond donors (Lipinski definition) is 0. The number of cyclic esters (lactones) is 1. The maximum atomic E-state index is 13.0. The van der Waals surface area contributed by atoms with Crippen molar-refractivity contribution < 1.29 is 17.9 Å². The zero-order chi connectivity index (χ0) is 21.5. The van der Waals surface area contributed by atoms with Gasteiger partial charge in [-0.1, -0.05) is 29.8 Å². The van der Waals surface area contributed by atoms with E-state index in [1.165, 1.54) is 22.5 Å². The van der Waals surface area contributed by atoms with Crippen LogP contribution in [0.2, 0.25) is 5.02 Å². The highest BCUT2D eigenvalue weighted by molar-refractivity contribution is 7.89. The first-order valence-electron chi connectivity index (χ1n) is 9.50. The van der Waals surface area contributed by atoms with Gasteiger partial charge in [0.05, 0.1) is 15.6 Å². The summed E-state index contributed by atoms with van der Waals surface area (Å²) in [5.41, 5.74) is 2.67. The lowest BCUT2D eigenvalue weighted by atomic mass is 10.00. The maximum absolute atomic E-state index is 13.0. The molecule has 0 aliphatic carbocycles. The third-order valence-electron chi connectivity index (χ3n) is 5.55. The summed E-state index contributed by atoms with van der Waals surface area (Å²) < 4.78 is 32.7. The molecular weight excluding hydrogens is 430 g/mol. The van der Waals surface area contributed by atoms with Crippen LogP contribution in [0.25, 0.3) is 0 Å². The summed E-state index contributed by atoms with van der Waals surface area (Å²) in [5, 5.41) is 2.88. The molecule has 1 fully saturated rings. The van der Waals surface area contributed by atoms with Gasteiger partial charge in [-0.25, -0.2) is 13.2 Å². The largest absolute Gasteiger partial charge is 0.444 e. The highest BCUT2D eigenvalue weighted by atomic mass is 35.5. The van der Waals surface area contributed by atoms with E-state index in [4.69, 9.17) is 16.3 Å². The average molecular weight is 450 g/mol. The van der Waals surface area contributed by atoms with Crippen molar-refractivity contribution >= 4 is 39.1 Å². The van der Waals surface area contributed by atoms with Crippen molar-refractivity contribution in [3.8, 4) is 0 Å². The van der Waals surface area contributed by atoms with Crippen molar-refractivity contribution in [3.63, 3.8) is 0 Å². The molecule has 0 saturated carbocycles. The van der Waals surface area contributed by atoms with Crippen LogP contribution in [0.15, 0.2) is 46.5 Å². The summed E-state index contributed by atoms with van der Waals surface area (Å²) in [5.74, 6) is 0. The SMILES string of the molecule is Cc1cccc2c1N(C1CCN(S(=O)(=O)c3ccc(Cl)c(N=O)c3)CC1)C(=O)OC2. The lowest BCUT2D eigenvalue weighted by molar-refractivity contribution is 0.135.